The predicted molar refractivity (Wildman–Crippen MR) is 94.2 cm³/mol. The lowest BCUT2D eigenvalue weighted by molar-refractivity contribution is -0.127. The van der Waals surface area contributed by atoms with Gasteiger partial charge in [0.2, 0.25) is 15.9 Å². The van der Waals surface area contributed by atoms with Crippen LogP contribution in [0.15, 0.2) is 58.1 Å². The van der Waals surface area contributed by atoms with Gasteiger partial charge in [-0.15, -0.1) is 0 Å². The molecule has 0 spiro atoms. The summed E-state index contributed by atoms with van der Waals surface area (Å²) in [6.45, 7) is 0.940. The average Bonchev–Trinajstić information content (AvgIpc) is 3.19. The fourth-order valence-corrected chi connectivity index (χ4v) is 4.28. The quantitative estimate of drug-likeness (QED) is 0.763. The van der Waals surface area contributed by atoms with E-state index in [-0.39, 0.29) is 42.5 Å². The van der Waals surface area contributed by atoms with Gasteiger partial charge in [-0.25, -0.2) is 8.42 Å². The Labute approximate surface area is 151 Å². The number of nitriles is 1. The van der Waals surface area contributed by atoms with E-state index in [0.717, 1.165) is 0 Å². The van der Waals surface area contributed by atoms with Crippen molar-refractivity contribution in [1.29, 1.82) is 5.26 Å². The summed E-state index contributed by atoms with van der Waals surface area (Å²) < 4.78 is 32.0. The molecule has 8 heteroatoms. The molecule has 2 heterocycles. The second-order valence-electron chi connectivity index (χ2n) is 5.69. The monoisotopic (exact) mass is 371 g/mol. The highest BCUT2D eigenvalue weighted by Crippen LogP contribution is 2.21. The van der Waals surface area contributed by atoms with E-state index >= 15 is 0 Å². The van der Waals surface area contributed by atoms with Crippen molar-refractivity contribution in [3.05, 3.63) is 60.1 Å². The van der Waals surface area contributed by atoms with Crippen LogP contribution in [0.1, 0.15) is 11.3 Å². The van der Waals surface area contributed by atoms with E-state index in [1.54, 1.807) is 35.2 Å². The van der Waals surface area contributed by atoms with Gasteiger partial charge in [0.15, 0.2) is 0 Å². The molecule has 0 saturated carbocycles. The second-order valence-corrected chi connectivity index (χ2v) is 7.59. The van der Waals surface area contributed by atoms with E-state index < -0.39 is 10.0 Å². The van der Waals surface area contributed by atoms with Gasteiger partial charge < -0.3 is 9.32 Å². The summed E-state index contributed by atoms with van der Waals surface area (Å²) in [7, 11) is -3.76. The number of hydrogen-bond donors (Lipinski definition) is 0. The number of carbonyl (C=O) groups excluding carboxylic acids is 1. The molecule has 2 aromatic rings. The third-order valence-electron chi connectivity index (χ3n) is 4.11. The van der Waals surface area contributed by atoms with Crippen LogP contribution in [0.4, 0.5) is 0 Å². The van der Waals surface area contributed by atoms with Crippen LogP contribution in [0.2, 0.25) is 0 Å². The number of piperazine rings is 1. The van der Waals surface area contributed by atoms with Crippen LogP contribution < -0.4 is 0 Å². The van der Waals surface area contributed by atoms with Gasteiger partial charge in [-0.1, -0.05) is 12.1 Å². The molecule has 0 atom stereocenters. The van der Waals surface area contributed by atoms with Gasteiger partial charge in [-0.05, 0) is 30.3 Å². The van der Waals surface area contributed by atoms with Crippen molar-refractivity contribution < 1.29 is 17.6 Å². The fourth-order valence-electron chi connectivity index (χ4n) is 2.72. The minimum absolute atomic E-state index is 0.00000767. The molecule has 0 unspecified atom stereocenters. The summed E-state index contributed by atoms with van der Waals surface area (Å²) in [5.41, 5.74) is 0.118. The summed E-state index contributed by atoms with van der Waals surface area (Å²) in [5.74, 6) is 0.378. The van der Waals surface area contributed by atoms with Gasteiger partial charge in [-0.2, -0.15) is 9.57 Å². The highest BCUT2D eigenvalue weighted by Gasteiger charge is 2.31. The number of hydrogen-bond acceptors (Lipinski definition) is 5. The van der Waals surface area contributed by atoms with E-state index in [1.165, 1.54) is 28.8 Å². The van der Waals surface area contributed by atoms with Crippen molar-refractivity contribution in [2.45, 2.75) is 4.90 Å². The fraction of sp³-hybridized carbons (Fsp3) is 0.222. The molecule has 7 nitrogen and oxygen atoms in total. The Bertz CT molecular complexity index is 951. The summed E-state index contributed by atoms with van der Waals surface area (Å²) in [6.07, 6.45) is 4.51. The van der Waals surface area contributed by atoms with Gasteiger partial charge in [0.25, 0.3) is 0 Å². The van der Waals surface area contributed by atoms with Gasteiger partial charge >= 0.3 is 0 Å². The van der Waals surface area contributed by atoms with E-state index in [1.807, 2.05) is 6.07 Å². The molecule has 1 amide bonds. The molecule has 0 bridgehead atoms. The van der Waals surface area contributed by atoms with Crippen LogP contribution in [-0.4, -0.2) is 49.7 Å². The van der Waals surface area contributed by atoms with Crippen LogP contribution in [0, 0.1) is 11.3 Å². The van der Waals surface area contributed by atoms with Crippen molar-refractivity contribution in [3.63, 3.8) is 0 Å². The Morgan fingerprint density at radius 3 is 2.50 bits per heavy atom. The van der Waals surface area contributed by atoms with Crippen LogP contribution in [0.25, 0.3) is 6.08 Å². The number of sulfonamides is 1. The third kappa shape index (κ3) is 3.69. The van der Waals surface area contributed by atoms with Crippen LogP contribution >= 0.6 is 0 Å². The largest absolute Gasteiger partial charge is 0.465 e. The van der Waals surface area contributed by atoms with Crippen molar-refractivity contribution in [1.82, 2.24) is 9.21 Å². The van der Waals surface area contributed by atoms with Crippen molar-refractivity contribution in [2.75, 3.05) is 26.2 Å². The zero-order valence-corrected chi connectivity index (χ0v) is 14.7. The highest BCUT2D eigenvalue weighted by atomic mass is 32.2. The first-order valence-corrected chi connectivity index (χ1v) is 9.46. The Kier molecular flexibility index (Phi) is 5.21. The van der Waals surface area contributed by atoms with Crippen LogP contribution in [0.5, 0.6) is 0 Å². The Hall–Kier alpha value is -2.89. The van der Waals surface area contributed by atoms with Gasteiger partial charge in [-0.3, -0.25) is 4.79 Å². The second kappa shape index (κ2) is 7.56. The van der Waals surface area contributed by atoms with Crippen LogP contribution in [0.3, 0.4) is 0 Å². The summed E-state index contributed by atoms with van der Waals surface area (Å²) in [4.78, 5) is 13.8. The predicted octanol–water partition coefficient (Wildman–Crippen LogP) is 1.70. The molecule has 1 fully saturated rings. The van der Waals surface area contributed by atoms with Gasteiger partial charge in [0.1, 0.15) is 11.8 Å². The first-order chi connectivity index (χ1) is 12.5. The molecule has 26 heavy (non-hydrogen) atoms. The summed E-state index contributed by atoms with van der Waals surface area (Å²) in [5, 5.41) is 9.13. The minimum atomic E-state index is -3.76. The Morgan fingerprint density at radius 1 is 1.12 bits per heavy atom. The van der Waals surface area contributed by atoms with Gasteiger partial charge in [0.05, 0.1) is 16.7 Å². The zero-order chi connectivity index (χ0) is 18.6. The minimum Gasteiger partial charge on any atom is -0.465 e. The molecule has 0 N–H and O–H groups in total. The molecule has 1 aromatic carbocycles. The number of furan rings is 1. The van der Waals surface area contributed by atoms with E-state index in [4.69, 9.17) is 9.68 Å². The summed E-state index contributed by atoms with van der Waals surface area (Å²) in [6, 6.07) is 11.5. The number of carbonyl (C=O) groups is 1. The lowest BCUT2D eigenvalue weighted by atomic mass is 10.2. The lowest BCUT2D eigenvalue weighted by Gasteiger charge is -2.33. The maximum absolute atomic E-state index is 12.8. The smallest absolute Gasteiger partial charge is 0.246 e. The molecule has 1 aliphatic rings. The maximum atomic E-state index is 12.8. The average molecular weight is 371 g/mol. The zero-order valence-electron chi connectivity index (χ0n) is 13.9. The maximum Gasteiger partial charge on any atom is 0.246 e. The number of nitrogens with zero attached hydrogens (tertiary/aromatic N) is 3. The van der Waals surface area contributed by atoms with E-state index in [2.05, 4.69) is 0 Å². The first kappa shape index (κ1) is 17.9. The first-order valence-electron chi connectivity index (χ1n) is 8.02. The third-order valence-corrected chi connectivity index (χ3v) is 6.07. The van der Waals surface area contributed by atoms with Crippen molar-refractivity contribution in [2.24, 2.45) is 0 Å². The van der Waals surface area contributed by atoms with Crippen molar-refractivity contribution in [3.8, 4) is 6.07 Å². The molecule has 134 valence electrons. The normalized spacial score (nSPS) is 15.9. The SMILES string of the molecule is N#Cc1ccccc1S(=O)(=O)N1CCN(C(=O)C=Cc2ccco2)CC1. The topological polar surface area (TPSA) is 94.6 Å². The number of amides is 1. The summed E-state index contributed by atoms with van der Waals surface area (Å²) >= 11 is 0. The lowest BCUT2D eigenvalue weighted by Crippen LogP contribution is -2.50. The molecule has 0 aliphatic carbocycles. The highest BCUT2D eigenvalue weighted by molar-refractivity contribution is 7.89. The van der Waals surface area contributed by atoms with Gasteiger partial charge in [0, 0.05) is 32.3 Å². The molecule has 1 saturated heterocycles. The molecule has 1 aliphatic heterocycles. The molecular weight excluding hydrogens is 354 g/mol. The van der Waals surface area contributed by atoms with E-state index in [9.17, 15) is 13.2 Å². The standard InChI is InChI=1S/C18H17N3O4S/c19-14-15-4-1-2-6-17(15)26(23,24)21-11-9-20(10-12-21)18(22)8-7-16-5-3-13-25-16/h1-8,13H,9-12H2. The molecular formula is C18H17N3O4S. The van der Waals surface area contributed by atoms with E-state index in [0.29, 0.717) is 5.76 Å². The molecule has 0 radical (unpaired) electrons. The number of rotatable bonds is 4. The van der Waals surface area contributed by atoms with Crippen molar-refractivity contribution >= 4 is 22.0 Å². The molecule has 3 rings (SSSR count). The Balaban J connectivity index is 1.66. The Morgan fingerprint density at radius 2 is 1.85 bits per heavy atom. The number of benzene rings is 1. The molecule has 1 aromatic heterocycles. The van der Waals surface area contributed by atoms with Crippen LogP contribution in [-0.2, 0) is 14.8 Å².